The van der Waals surface area contributed by atoms with Crippen LogP contribution in [0.15, 0.2) is 21.6 Å². The number of H-pyrrole nitrogens is 1. The Bertz CT molecular complexity index is 1070. The Morgan fingerprint density at radius 3 is 2.74 bits per heavy atom. The molecule has 0 radical (unpaired) electrons. The molecule has 3 aromatic heterocycles. The van der Waals surface area contributed by atoms with Crippen LogP contribution in [0.5, 0.6) is 0 Å². The van der Waals surface area contributed by atoms with E-state index in [0.717, 1.165) is 34.0 Å². The highest BCUT2D eigenvalue weighted by Gasteiger charge is 2.38. The van der Waals surface area contributed by atoms with E-state index in [2.05, 4.69) is 20.3 Å². The minimum absolute atomic E-state index is 0.325. The molecule has 0 amide bonds. The molecule has 0 aliphatic carbocycles. The highest BCUT2D eigenvalue weighted by molar-refractivity contribution is 7.89. The Morgan fingerprint density at radius 2 is 2.07 bits per heavy atom. The summed E-state index contributed by atoms with van der Waals surface area (Å²) in [5.41, 5.74) is 1.69. The molecule has 10 heteroatoms. The number of aromatic nitrogens is 4. The highest BCUT2D eigenvalue weighted by atomic mass is 32.2. The van der Waals surface area contributed by atoms with E-state index >= 15 is 0 Å². The third kappa shape index (κ3) is 3.32. The van der Waals surface area contributed by atoms with Crippen LogP contribution in [-0.4, -0.2) is 39.6 Å². The quantitative estimate of drug-likeness (QED) is 0.711. The topological polar surface area (TPSA) is 105 Å². The zero-order valence-corrected chi connectivity index (χ0v) is 17.0. The lowest BCUT2D eigenvalue weighted by Crippen LogP contribution is -2.38. The number of hydrogen-bond donors (Lipinski definition) is 1. The lowest BCUT2D eigenvalue weighted by Gasteiger charge is -2.32. The van der Waals surface area contributed by atoms with Crippen LogP contribution in [0.1, 0.15) is 47.6 Å². The number of aryl methyl sites for hydroxylation is 3. The van der Waals surface area contributed by atoms with Crippen molar-refractivity contribution >= 4 is 21.4 Å². The maximum Gasteiger partial charge on any atom is 0.245 e. The summed E-state index contributed by atoms with van der Waals surface area (Å²) >= 11 is 1.43. The van der Waals surface area contributed by atoms with Crippen molar-refractivity contribution in [3.63, 3.8) is 0 Å². The maximum absolute atomic E-state index is 13.5. The molecule has 1 atom stereocenters. The van der Waals surface area contributed by atoms with Crippen LogP contribution in [0, 0.1) is 20.8 Å². The predicted molar refractivity (Wildman–Crippen MR) is 101 cm³/mol. The van der Waals surface area contributed by atoms with Crippen molar-refractivity contribution in [2.45, 2.75) is 51.0 Å². The first-order valence-corrected chi connectivity index (χ1v) is 11.1. The van der Waals surface area contributed by atoms with Gasteiger partial charge in [-0.25, -0.2) is 8.42 Å². The molecule has 144 valence electrons. The van der Waals surface area contributed by atoms with Gasteiger partial charge in [0, 0.05) is 17.1 Å². The summed E-state index contributed by atoms with van der Waals surface area (Å²) < 4.78 is 33.7. The SMILES string of the molecule is Cc1noc(C2CCCCN2S(=O)(=O)c2cc(-c3cc(C)[nH]n3)sc2C)n1. The minimum Gasteiger partial charge on any atom is -0.338 e. The van der Waals surface area contributed by atoms with Gasteiger partial charge in [0.15, 0.2) is 5.82 Å². The molecular weight excluding hydrogens is 386 g/mol. The molecule has 0 spiro atoms. The van der Waals surface area contributed by atoms with Gasteiger partial charge in [-0.1, -0.05) is 11.6 Å². The molecule has 0 bridgehead atoms. The average Bonchev–Trinajstić information content (AvgIpc) is 3.35. The Morgan fingerprint density at radius 1 is 1.26 bits per heavy atom. The second-order valence-electron chi connectivity index (χ2n) is 6.77. The fourth-order valence-electron chi connectivity index (χ4n) is 3.41. The maximum atomic E-state index is 13.5. The summed E-state index contributed by atoms with van der Waals surface area (Å²) in [6.45, 7) is 5.92. The second kappa shape index (κ2) is 6.84. The third-order valence-corrected chi connectivity index (χ3v) is 7.94. The van der Waals surface area contributed by atoms with Crippen LogP contribution < -0.4 is 0 Å². The van der Waals surface area contributed by atoms with Crippen LogP contribution >= 0.6 is 11.3 Å². The van der Waals surface area contributed by atoms with Gasteiger partial charge in [0.1, 0.15) is 11.7 Å². The standard InChI is InChI=1S/C17H21N5O3S2/c1-10-8-13(20-19-10)15-9-16(11(2)26-15)27(23,24)22-7-5-4-6-14(22)17-18-12(3)21-25-17/h8-9,14H,4-7H2,1-3H3,(H,19,20). The second-order valence-corrected chi connectivity index (χ2v) is 9.89. The first-order chi connectivity index (χ1) is 12.9. The zero-order valence-electron chi connectivity index (χ0n) is 15.4. The molecule has 1 aliphatic rings. The minimum atomic E-state index is -3.68. The van der Waals surface area contributed by atoms with Crippen LogP contribution in [0.4, 0.5) is 0 Å². The molecule has 0 saturated carbocycles. The van der Waals surface area contributed by atoms with Crippen molar-refractivity contribution in [1.82, 2.24) is 24.6 Å². The van der Waals surface area contributed by atoms with Gasteiger partial charge in [-0.2, -0.15) is 14.4 Å². The molecule has 1 saturated heterocycles. The molecule has 1 N–H and O–H groups in total. The third-order valence-electron chi connectivity index (χ3n) is 4.70. The van der Waals surface area contributed by atoms with Crippen molar-refractivity contribution in [2.24, 2.45) is 0 Å². The summed E-state index contributed by atoms with van der Waals surface area (Å²) in [5, 5.41) is 11.0. The highest BCUT2D eigenvalue weighted by Crippen LogP contribution is 2.39. The number of nitrogens with one attached hydrogen (secondary N) is 1. The first-order valence-electron chi connectivity index (χ1n) is 8.81. The van der Waals surface area contributed by atoms with E-state index < -0.39 is 16.1 Å². The van der Waals surface area contributed by atoms with Gasteiger partial charge in [-0.3, -0.25) is 5.10 Å². The zero-order chi connectivity index (χ0) is 19.2. The fourth-order valence-corrected chi connectivity index (χ4v) is 6.58. The lowest BCUT2D eigenvalue weighted by molar-refractivity contribution is 0.204. The number of thiophene rings is 1. The van der Waals surface area contributed by atoms with Gasteiger partial charge < -0.3 is 4.52 Å². The number of rotatable bonds is 4. The Labute approximate surface area is 161 Å². The average molecular weight is 408 g/mol. The van der Waals surface area contributed by atoms with E-state index in [1.807, 2.05) is 19.9 Å². The van der Waals surface area contributed by atoms with Crippen LogP contribution in [0.3, 0.4) is 0 Å². The largest absolute Gasteiger partial charge is 0.338 e. The van der Waals surface area contributed by atoms with Crippen LogP contribution in [0.2, 0.25) is 0 Å². The summed E-state index contributed by atoms with van der Waals surface area (Å²) in [5.74, 6) is 0.877. The first kappa shape index (κ1) is 18.3. The van der Waals surface area contributed by atoms with Crippen LogP contribution in [-0.2, 0) is 10.0 Å². The molecule has 4 heterocycles. The summed E-state index contributed by atoms with van der Waals surface area (Å²) in [7, 11) is -3.68. The fraction of sp³-hybridized carbons (Fsp3) is 0.471. The van der Waals surface area contributed by atoms with Crippen LogP contribution in [0.25, 0.3) is 10.6 Å². The molecule has 0 aromatic carbocycles. The van der Waals surface area contributed by atoms with E-state index in [0.29, 0.717) is 29.6 Å². The molecule has 3 aromatic rings. The van der Waals surface area contributed by atoms with Gasteiger partial charge in [-0.15, -0.1) is 11.3 Å². The Balaban J connectivity index is 1.72. The lowest BCUT2D eigenvalue weighted by atomic mass is 10.1. The normalized spacial score (nSPS) is 18.9. The van der Waals surface area contributed by atoms with Crippen molar-refractivity contribution in [3.8, 4) is 10.6 Å². The summed E-state index contributed by atoms with van der Waals surface area (Å²) in [6.07, 6.45) is 2.42. The number of nitrogens with zero attached hydrogens (tertiary/aromatic N) is 4. The van der Waals surface area contributed by atoms with Gasteiger partial charge in [-0.05, 0) is 45.7 Å². The van der Waals surface area contributed by atoms with Crippen molar-refractivity contribution in [1.29, 1.82) is 0 Å². The Hall–Kier alpha value is -2.04. The van der Waals surface area contributed by atoms with Crippen molar-refractivity contribution < 1.29 is 12.9 Å². The van der Waals surface area contributed by atoms with E-state index in [1.54, 1.807) is 13.0 Å². The van der Waals surface area contributed by atoms with E-state index in [9.17, 15) is 8.42 Å². The molecule has 1 unspecified atom stereocenters. The number of sulfonamides is 1. The van der Waals surface area contributed by atoms with Crippen molar-refractivity contribution in [3.05, 3.63) is 34.4 Å². The van der Waals surface area contributed by atoms with E-state index in [4.69, 9.17) is 4.52 Å². The smallest absolute Gasteiger partial charge is 0.245 e. The molecule has 1 fully saturated rings. The number of aromatic amines is 1. The molecule has 4 rings (SSSR count). The molecule has 8 nitrogen and oxygen atoms in total. The van der Waals surface area contributed by atoms with Crippen molar-refractivity contribution in [2.75, 3.05) is 6.54 Å². The van der Waals surface area contributed by atoms with E-state index in [-0.39, 0.29) is 0 Å². The van der Waals surface area contributed by atoms with Gasteiger partial charge in [0.05, 0.1) is 9.77 Å². The van der Waals surface area contributed by atoms with E-state index in [1.165, 1.54) is 15.6 Å². The summed E-state index contributed by atoms with van der Waals surface area (Å²) in [6, 6.07) is 3.21. The Kier molecular flexibility index (Phi) is 4.65. The molecular formula is C17H21N5O3S2. The monoisotopic (exact) mass is 407 g/mol. The van der Waals surface area contributed by atoms with Gasteiger partial charge in [0.25, 0.3) is 0 Å². The van der Waals surface area contributed by atoms with Gasteiger partial charge in [0.2, 0.25) is 15.9 Å². The number of piperidine rings is 1. The molecule has 1 aliphatic heterocycles. The summed E-state index contributed by atoms with van der Waals surface area (Å²) in [4.78, 5) is 6.18. The predicted octanol–water partition coefficient (Wildman–Crippen LogP) is 3.36. The number of hydrogen-bond acceptors (Lipinski definition) is 7. The van der Waals surface area contributed by atoms with Gasteiger partial charge >= 0.3 is 0 Å². The molecule has 27 heavy (non-hydrogen) atoms.